The highest BCUT2D eigenvalue weighted by Gasteiger charge is 2.06. The van der Waals surface area contributed by atoms with Crippen LogP contribution in [0.1, 0.15) is 13.8 Å². The smallest absolute Gasteiger partial charge is 0.333 e. The van der Waals surface area contributed by atoms with Gasteiger partial charge in [0.2, 0.25) is 0 Å². The fraction of sp³-hybridized carbons (Fsp3) is 0.455. The minimum Gasteiger partial charge on any atom is -0.460 e. The number of carbonyl (C=O) groups excluding carboxylic acids is 2. The molecule has 16 heavy (non-hydrogen) atoms. The maximum Gasteiger partial charge on any atom is 0.333 e. The van der Waals surface area contributed by atoms with Gasteiger partial charge in [-0.2, -0.15) is 0 Å². The Balaban J connectivity index is 3.99. The van der Waals surface area contributed by atoms with Crippen LogP contribution < -0.4 is 0 Å². The normalized spacial score (nSPS) is 10.8. The molecule has 0 spiro atoms. The van der Waals surface area contributed by atoms with E-state index in [1.54, 1.807) is 0 Å². The van der Waals surface area contributed by atoms with Crippen molar-refractivity contribution in [2.45, 2.75) is 13.8 Å². The van der Waals surface area contributed by atoms with Gasteiger partial charge in [0.05, 0.1) is 6.61 Å². The predicted octanol–water partition coefficient (Wildman–Crippen LogP) is 0.587. The second kappa shape index (κ2) is 7.64. The molecule has 0 fully saturated rings. The summed E-state index contributed by atoms with van der Waals surface area (Å²) in [6.45, 7) is 6.21. The maximum absolute atomic E-state index is 11.2. The molecule has 0 aliphatic rings. The monoisotopic (exact) mass is 228 g/mol. The van der Waals surface area contributed by atoms with Crippen LogP contribution in [0.3, 0.4) is 0 Å². The zero-order chi connectivity index (χ0) is 12.6. The lowest BCUT2D eigenvalue weighted by molar-refractivity contribution is -0.140. The van der Waals surface area contributed by atoms with Gasteiger partial charge in [0.25, 0.3) is 0 Å². The summed E-state index contributed by atoms with van der Waals surface area (Å²) in [4.78, 5) is 22.1. The molecule has 1 N–H and O–H groups in total. The minimum absolute atomic E-state index is 0.00818. The molecular weight excluding hydrogens is 212 g/mol. The van der Waals surface area contributed by atoms with Crippen molar-refractivity contribution in [2.75, 3.05) is 19.8 Å². The molecule has 0 amide bonds. The third kappa shape index (κ3) is 5.98. The fourth-order valence-corrected chi connectivity index (χ4v) is 0.701. The fourth-order valence-electron chi connectivity index (χ4n) is 0.701. The molecule has 0 aliphatic heterocycles. The number of ether oxygens (including phenoxy) is 2. The van der Waals surface area contributed by atoms with Crippen LogP contribution in [0.25, 0.3) is 0 Å². The maximum atomic E-state index is 11.2. The van der Waals surface area contributed by atoms with Crippen molar-refractivity contribution in [3.63, 3.8) is 0 Å². The van der Waals surface area contributed by atoms with Crippen LogP contribution in [-0.4, -0.2) is 36.9 Å². The molecule has 0 aromatic rings. The molecule has 0 heterocycles. The highest BCUT2D eigenvalue weighted by molar-refractivity contribution is 5.88. The van der Waals surface area contributed by atoms with Gasteiger partial charge in [0.15, 0.2) is 0 Å². The average molecular weight is 228 g/mol. The second-order valence-electron chi connectivity index (χ2n) is 3.13. The van der Waals surface area contributed by atoms with Crippen LogP contribution in [0.15, 0.2) is 23.8 Å². The van der Waals surface area contributed by atoms with E-state index in [9.17, 15) is 9.59 Å². The van der Waals surface area contributed by atoms with Gasteiger partial charge in [-0.25, -0.2) is 9.59 Å². The number of hydrogen-bond acceptors (Lipinski definition) is 5. The number of aliphatic hydroxyl groups excluding tert-OH is 1. The van der Waals surface area contributed by atoms with Gasteiger partial charge in [-0.3, -0.25) is 0 Å². The van der Waals surface area contributed by atoms with Crippen LogP contribution in [0.2, 0.25) is 0 Å². The largest absolute Gasteiger partial charge is 0.460 e. The molecule has 5 nitrogen and oxygen atoms in total. The van der Waals surface area contributed by atoms with Crippen LogP contribution in [-0.2, 0) is 19.1 Å². The molecule has 0 saturated carbocycles. The van der Waals surface area contributed by atoms with E-state index in [0.29, 0.717) is 11.1 Å². The van der Waals surface area contributed by atoms with Gasteiger partial charge in [0.1, 0.15) is 13.2 Å². The molecule has 0 aliphatic carbocycles. The van der Waals surface area contributed by atoms with E-state index in [1.165, 1.54) is 19.9 Å². The summed E-state index contributed by atoms with van der Waals surface area (Å²) in [6.07, 6.45) is 1.43. The third-order valence-corrected chi connectivity index (χ3v) is 1.60. The zero-order valence-corrected chi connectivity index (χ0v) is 9.49. The first-order valence-corrected chi connectivity index (χ1v) is 4.76. The molecule has 0 bridgehead atoms. The van der Waals surface area contributed by atoms with Crippen LogP contribution >= 0.6 is 0 Å². The summed E-state index contributed by atoms with van der Waals surface area (Å²) in [5, 5.41) is 8.43. The summed E-state index contributed by atoms with van der Waals surface area (Å²) in [5.74, 6) is -1.05. The van der Waals surface area contributed by atoms with Crippen LogP contribution in [0, 0.1) is 0 Å². The highest BCUT2D eigenvalue weighted by Crippen LogP contribution is 1.98. The Morgan fingerprint density at radius 1 is 1.25 bits per heavy atom. The zero-order valence-electron chi connectivity index (χ0n) is 9.49. The van der Waals surface area contributed by atoms with E-state index in [4.69, 9.17) is 9.84 Å². The summed E-state index contributed by atoms with van der Waals surface area (Å²) >= 11 is 0. The lowest BCUT2D eigenvalue weighted by Crippen LogP contribution is -2.11. The van der Waals surface area contributed by atoms with Crippen molar-refractivity contribution in [3.05, 3.63) is 23.8 Å². The molecule has 5 heteroatoms. The highest BCUT2D eigenvalue weighted by atomic mass is 16.5. The Morgan fingerprint density at radius 2 is 1.88 bits per heavy atom. The van der Waals surface area contributed by atoms with Crippen molar-refractivity contribution >= 4 is 11.9 Å². The first kappa shape index (κ1) is 14.4. The molecule has 0 aromatic heterocycles. The Hall–Kier alpha value is -1.62. The Morgan fingerprint density at radius 3 is 2.38 bits per heavy atom. The van der Waals surface area contributed by atoms with Gasteiger partial charge < -0.3 is 14.6 Å². The quantitative estimate of drug-likeness (QED) is 0.532. The van der Waals surface area contributed by atoms with Gasteiger partial charge in [0, 0.05) is 11.1 Å². The number of aliphatic hydroxyl groups is 1. The molecule has 0 saturated heterocycles. The molecule has 90 valence electrons. The van der Waals surface area contributed by atoms with Crippen LogP contribution in [0.5, 0.6) is 0 Å². The number of esters is 2. The average Bonchev–Trinajstić information content (AvgIpc) is 2.25. The van der Waals surface area contributed by atoms with Crippen molar-refractivity contribution in [1.29, 1.82) is 0 Å². The summed E-state index contributed by atoms with van der Waals surface area (Å²) in [6, 6.07) is 0. The molecule has 0 radical (unpaired) electrons. The first-order chi connectivity index (χ1) is 7.49. The van der Waals surface area contributed by atoms with Crippen LogP contribution in [0.4, 0.5) is 0 Å². The SMILES string of the molecule is C=C(C)C(=O)OCC=C(C)C(=O)OCCO. The topological polar surface area (TPSA) is 72.8 Å². The molecular formula is C11H16O5. The van der Waals surface area contributed by atoms with E-state index in [2.05, 4.69) is 11.3 Å². The lowest BCUT2D eigenvalue weighted by Gasteiger charge is -2.03. The van der Waals surface area contributed by atoms with E-state index in [1.807, 2.05) is 0 Å². The predicted molar refractivity (Wildman–Crippen MR) is 57.6 cm³/mol. The number of carbonyl (C=O) groups is 2. The van der Waals surface area contributed by atoms with Crippen molar-refractivity contribution < 1.29 is 24.2 Å². The summed E-state index contributed by atoms with van der Waals surface area (Å²) < 4.78 is 9.40. The lowest BCUT2D eigenvalue weighted by atomic mass is 10.3. The van der Waals surface area contributed by atoms with Crippen molar-refractivity contribution in [2.24, 2.45) is 0 Å². The van der Waals surface area contributed by atoms with Gasteiger partial charge in [-0.1, -0.05) is 6.58 Å². The summed E-state index contributed by atoms with van der Waals surface area (Å²) in [5.41, 5.74) is 0.622. The van der Waals surface area contributed by atoms with Gasteiger partial charge >= 0.3 is 11.9 Å². The first-order valence-electron chi connectivity index (χ1n) is 4.76. The van der Waals surface area contributed by atoms with Gasteiger partial charge in [-0.05, 0) is 19.9 Å². The minimum atomic E-state index is -0.541. The second-order valence-corrected chi connectivity index (χ2v) is 3.13. The molecule has 0 atom stereocenters. The van der Waals surface area contributed by atoms with Gasteiger partial charge in [-0.15, -0.1) is 0 Å². The van der Waals surface area contributed by atoms with E-state index >= 15 is 0 Å². The third-order valence-electron chi connectivity index (χ3n) is 1.60. The summed E-state index contributed by atoms with van der Waals surface area (Å²) in [7, 11) is 0. The number of rotatable bonds is 6. The Bertz CT molecular complexity index is 303. The van der Waals surface area contributed by atoms with E-state index in [0.717, 1.165) is 0 Å². The Kier molecular flexibility index (Phi) is 6.87. The van der Waals surface area contributed by atoms with E-state index < -0.39 is 11.9 Å². The molecule has 0 rings (SSSR count). The molecule has 0 unspecified atom stereocenters. The Labute approximate surface area is 94.4 Å². The molecule has 0 aromatic carbocycles. The van der Waals surface area contributed by atoms with Crippen molar-refractivity contribution in [1.82, 2.24) is 0 Å². The standard InChI is InChI=1S/C11H16O5/c1-8(2)10(13)15-6-4-9(3)11(14)16-7-5-12/h4,12H,1,5-7H2,2-3H3. The number of hydrogen-bond donors (Lipinski definition) is 1. The van der Waals surface area contributed by atoms with E-state index in [-0.39, 0.29) is 19.8 Å². The van der Waals surface area contributed by atoms with Crippen molar-refractivity contribution in [3.8, 4) is 0 Å².